The van der Waals surface area contributed by atoms with Gasteiger partial charge in [-0.2, -0.15) is 0 Å². The van der Waals surface area contributed by atoms with Gasteiger partial charge in [-0.3, -0.25) is 0 Å². The van der Waals surface area contributed by atoms with E-state index in [4.69, 9.17) is 0 Å². The Balaban J connectivity index is 2.20. The molecule has 0 radical (unpaired) electrons. The molecule has 4 rings (SSSR count). The summed E-state index contributed by atoms with van der Waals surface area (Å²) in [5.41, 5.74) is 4.31. The maximum Gasteiger partial charge on any atom is 0.0702 e. The Morgan fingerprint density at radius 3 is 1.81 bits per heavy atom. The third-order valence-corrected chi connectivity index (χ3v) is 3.98. The van der Waals surface area contributed by atoms with E-state index in [0.717, 1.165) is 11.3 Å². The number of rotatable bonds is 2. The molecule has 0 atom stereocenters. The number of benzene rings is 3. The van der Waals surface area contributed by atoms with Crippen molar-refractivity contribution in [3.8, 4) is 5.69 Å². The topological polar surface area (TPSA) is 25.2 Å². The summed E-state index contributed by atoms with van der Waals surface area (Å²) >= 11 is 0. The van der Waals surface area contributed by atoms with E-state index in [2.05, 4.69) is 59.2 Å². The van der Waals surface area contributed by atoms with Gasteiger partial charge in [0.1, 0.15) is 0 Å². The fourth-order valence-electron chi connectivity index (χ4n) is 3.04. The number of aliphatic hydroxyl groups excluding tert-OH is 1. The predicted molar refractivity (Wildman–Crippen MR) is 86.7 cm³/mol. The van der Waals surface area contributed by atoms with Crippen LogP contribution in [0.1, 0.15) is 5.56 Å². The van der Waals surface area contributed by atoms with Crippen molar-refractivity contribution in [1.29, 1.82) is 0 Å². The fourth-order valence-corrected chi connectivity index (χ4v) is 3.04. The molecule has 0 saturated carbocycles. The van der Waals surface area contributed by atoms with Gasteiger partial charge in [0.05, 0.1) is 23.3 Å². The number of nitrogens with zero attached hydrogens (tertiary/aromatic N) is 1. The first-order valence-corrected chi connectivity index (χ1v) is 7.07. The number of hydrogen-bond acceptors (Lipinski definition) is 1. The lowest BCUT2D eigenvalue weighted by atomic mass is 10.2. The summed E-state index contributed by atoms with van der Waals surface area (Å²) in [5.74, 6) is 0. The lowest BCUT2D eigenvalue weighted by Crippen LogP contribution is -1.99. The molecule has 0 aliphatic carbocycles. The van der Waals surface area contributed by atoms with Crippen molar-refractivity contribution in [3.05, 3.63) is 78.4 Å². The Morgan fingerprint density at radius 2 is 1.19 bits per heavy atom. The molecule has 3 aromatic carbocycles. The summed E-state index contributed by atoms with van der Waals surface area (Å²) in [6, 6.07) is 24.8. The zero-order chi connectivity index (χ0) is 14.2. The van der Waals surface area contributed by atoms with Crippen molar-refractivity contribution >= 4 is 21.8 Å². The number of hydrogen-bond donors (Lipinski definition) is 1. The third-order valence-electron chi connectivity index (χ3n) is 3.98. The quantitative estimate of drug-likeness (QED) is 0.579. The van der Waals surface area contributed by atoms with Crippen LogP contribution in [0.2, 0.25) is 0 Å². The molecule has 0 aliphatic rings. The molecule has 0 spiro atoms. The first-order chi connectivity index (χ1) is 10.4. The lowest BCUT2D eigenvalue weighted by Gasteiger charge is -2.11. The van der Waals surface area contributed by atoms with E-state index in [1.165, 1.54) is 21.8 Å². The number of fused-ring (bicyclic) bond motifs is 3. The summed E-state index contributed by atoms with van der Waals surface area (Å²) < 4.78 is 2.23. The van der Waals surface area contributed by atoms with E-state index >= 15 is 0 Å². The first-order valence-electron chi connectivity index (χ1n) is 7.07. The van der Waals surface area contributed by atoms with E-state index in [-0.39, 0.29) is 6.61 Å². The van der Waals surface area contributed by atoms with Gasteiger partial charge in [-0.15, -0.1) is 0 Å². The molecule has 0 aliphatic heterocycles. The minimum Gasteiger partial charge on any atom is -0.392 e. The van der Waals surface area contributed by atoms with E-state index in [0.29, 0.717) is 0 Å². The molecule has 21 heavy (non-hydrogen) atoms. The SMILES string of the molecule is OCc1ccccc1-n1c2ccccc2c2ccccc21. The van der Waals surface area contributed by atoms with Crippen molar-refractivity contribution < 1.29 is 5.11 Å². The van der Waals surface area contributed by atoms with Crippen LogP contribution in [0.4, 0.5) is 0 Å². The molecule has 0 amide bonds. The lowest BCUT2D eigenvalue weighted by molar-refractivity contribution is 0.281. The smallest absolute Gasteiger partial charge is 0.0702 e. The van der Waals surface area contributed by atoms with Crippen LogP contribution >= 0.6 is 0 Å². The van der Waals surface area contributed by atoms with Crippen molar-refractivity contribution in [1.82, 2.24) is 4.57 Å². The van der Waals surface area contributed by atoms with Crippen molar-refractivity contribution in [2.24, 2.45) is 0 Å². The first kappa shape index (κ1) is 12.2. The van der Waals surface area contributed by atoms with Gasteiger partial charge in [-0.25, -0.2) is 0 Å². The van der Waals surface area contributed by atoms with E-state index in [1.54, 1.807) is 0 Å². The Bertz CT molecular complexity index is 883. The maximum absolute atomic E-state index is 9.65. The molecule has 0 saturated heterocycles. The molecule has 2 nitrogen and oxygen atoms in total. The molecule has 1 N–H and O–H groups in total. The molecular weight excluding hydrogens is 258 g/mol. The Hall–Kier alpha value is -2.58. The van der Waals surface area contributed by atoms with Gasteiger partial charge >= 0.3 is 0 Å². The van der Waals surface area contributed by atoms with Gasteiger partial charge in [0.25, 0.3) is 0 Å². The van der Waals surface area contributed by atoms with Crippen LogP contribution in [0.5, 0.6) is 0 Å². The number of aliphatic hydroxyl groups is 1. The highest BCUT2D eigenvalue weighted by Crippen LogP contribution is 2.32. The largest absolute Gasteiger partial charge is 0.392 e. The van der Waals surface area contributed by atoms with E-state index < -0.39 is 0 Å². The van der Waals surface area contributed by atoms with Crippen LogP contribution < -0.4 is 0 Å². The average molecular weight is 273 g/mol. The van der Waals surface area contributed by atoms with Crippen LogP contribution in [0, 0.1) is 0 Å². The average Bonchev–Trinajstić information content (AvgIpc) is 2.89. The molecular formula is C19H15NO. The molecule has 2 heteroatoms. The Morgan fingerprint density at radius 1 is 0.667 bits per heavy atom. The van der Waals surface area contributed by atoms with Gasteiger partial charge < -0.3 is 9.67 Å². The highest BCUT2D eigenvalue weighted by Gasteiger charge is 2.12. The van der Waals surface area contributed by atoms with Gasteiger partial charge in [0.15, 0.2) is 0 Å². The van der Waals surface area contributed by atoms with E-state index in [9.17, 15) is 5.11 Å². The summed E-state index contributed by atoms with van der Waals surface area (Å²) in [6.45, 7) is 0.0387. The van der Waals surface area contributed by atoms with Gasteiger partial charge in [-0.05, 0) is 18.2 Å². The molecule has 1 aromatic heterocycles. The standard InChI is InChI=1S/C19H15NO/c21-13-14-7-1-4-10-17(14)20-18-11-5-2-8-15(18)16-9-3-6-12-19(16)20/h1-12,21H,13H2. The summed E-state index contributed by atoms with van der Waals surface area (Å²) in [5, 5.41) is 12.1. The molecule has 4 aromatic rings. The second-order valence-electron chi connectivity index (χ2n) is 5.16. The van der Waals surface area contributed by atoms with Gasteiger partial charge in [0, 0.05) is 16.3 Å². The van der Waals surface area contributed by atoms with E-state index in [1.807, 2.05) is 18.2 Å². The fraction of sp³-hybridized carbons (Fsp3) is 0.0526. The summed E-state index contributed by atoms with van der Waals surface area (Å²) in [4.78, 5) is 0. The second-order valence-corrected chi connectivity index (χ2v) is 5.16. The molecule has 0 fully saturated rings. The van der Waals surface area contributed by atoms with Crippen LogP contribution in [0.3, 0.4) is 0 Å². The Labute approximate surface area is 122 Å². The monoisotopic (exact) mass is 273 g/mol. The Kier molecular flexibility index (Phi) is 2.76. The zero-order valence-electron chi connectivity index (χ0n) is 11.5. The van der Waals surface area contributed by atoms with Gasteiger partial charge in [0.2, 0.25) is 0 Å². The normalized spacial score (nSPS) is 11.3. The van der Waals surface area contributed by atoms with Crippen LogP contribution in [0.15, 0.2) is 72.8 Å². The van der Waals surface area contributed by atoms with Gasteiger partial charge in [-0.1, -0.05) is 54.6 Å². The zero-order valence-corrected chi connectivity index (χ0v) is 11.5. The number of aromatic nitrogens is 1. The second kappa shape index (κ2) is 4.76. The van der Waals surface area contributed by atoms with Crippen molar-refractivity contribution in [2.45, 2.75) is 6.61 Å². The summed E-state index contributed by atoms with van der Waals surface area (Å²) in [6.07, 6.45) is 0. The van der Waals surface area contributed by atoms with Crippen molar-refractivity contribution in [2.75, 3.05) is 0 Å². The number of para-hydroxylation sites is 3. The molecule has 102 valence electrons. The maximum atomic E-state index is 9.65. The van der Waals surface area contributed by atoms with Crippen molar-refractivity contribution in [3.63, 3.8) is 0 Å². The predicted octanol–water partition coefficient (Wildman–Crippen LogP) is 4.28. The molecule has 1 heterocycles. The van der Waals surface area contributed by atoms with Crippen LogP contribution in [0.25, 0.3) is 27.5 Å². The minimum atomic E-state index is 0.0387. The summed E-state index contributed by atoms with van der Waals surface area (Å²) in [7, 11) is 0. The van der Waals surface area contributed by atoms with Crippen LogP contribution in [-0.4, -0.2) is 9.67 Å². The highest BCUT2D eigenvalue weighted by atomic mass is 16.3. The van der Waals surface area contributed by atoms with Crippen LogP contribution in [-0.2, 0) is 6.61 Å². The molecule has 0 unspecified atom stereocenters. The molecule has 0 bridgehead atoms. The highest BCUT2D eigenvalue weighted by molar-refractivity contribution is 6.09. The minimum absolute atomic E-state index is 0.0387. The third kappa shape index (κ3) is 1.77.